The van der Waals surface area contributed by atoms with Gasteiger partial charge in [0.25, 0.3) is 10.1 Å². The molecule has 6 heteroatoms. The Kier molecular flexibility index (Phi) is 5.86. The van der Waals surface area contributed by atoms with E-state index in [0.29, 0.717) is 13.2 Å². The minimum Gasteiger partial charge on any atom is -0.372 e. The molecule has 112 valence electrons. The Balaban J connectivity index is 1.66. The molecule has 0 bridgehead atoms. The molecule has 5 nitrogen and oxygen atoms in total. The Hall–Kier alpha value is -1.76. The van der Waals surface area contributed by atoms with Gasteiger partial charge in [-0.15, -0.1) is 0 Å². The van der Waals surface area contributed by atoms with Crippen molar-refractivity contribution in [3.63, 3.8) is 0 Å². The van der Waals surface area contributed by atoms with Crippen molar-refractivity contribution in [1.82, 2.24) is 0 Å². The number of hydrogen-bond donors (Lipinski definition) is 0. The van der Waals surface area contributed by atoms with Crippen LogP contribution in [0.4, 0.5) is 0 Å². The molecule has 0 unspecified atom stereocenters. The monoisotopic (exact) mass is 308 g/mol. The standard InChI is InChI=1S/C15H18NO4S/c17-21(18,15-7-3-1-4-8-15)20-14-13-19-12-11-16-9-5-2-6-10-16/h1-10H,11-14H2/q+1. The van der Waals surface area contributed by atoms with Crippen LogP contribution in [0.2, 0.25) is 0 Å². The summed E-state index contributed by atoms with van der Waals surface area (Å²) >= 11 is 0. The van der Waals surface area contributed by atoms with Crippen LogP contribution in [0.3, 0.4) is 0 Å². The smallest absolute Gasteiger partial charge is 0.297 e. The number of nitrogens with zero attached hydrogens (tertiary/aromatic N) is 1. The molecule has 0 aliphatic heterocycles. The summed E-state index contributed by atoms with van der Waals surface area (Å²) in [5.41, 5.74) is 0. The van der Waals surface area contributed by atoms with Crippen LogP contribution in [0.1, 0.15) is 0 Å². The fourth-order valence-corrected chi connectivity index (χ4v) is 2.63. The zero-order valence-corrected chi connectivity index (χ0v) is 12.4. The molecule has 0 aliphatic rings. The van der Waals surface area contributed by atoms with E-state index in [0.717, 1.165) is 0 Å². The first-order chi connectivity index (χ1) is 10.2. The normalized spacial score (nSPS) is 11.4. The Labute approximate surface area is 124 Å². The molecule has 0 amide bonds. The van der Waals surface area contributed by atoms with Crippen LogP contribution in [-0.2, 0) is 25.6 Å². The third kappa shape index (κ3) is 5.26. The summed E-state index contributed by atoms with van der Waals surface area (Å²) in [6.07, 6.45) is 3.89. The second-order valence-corrected chi connectivity index (χ2v) is 5.93. The van der Waals surface area contributed by atoms with E-state index in [1.54, 1.807) is 18.2 Å². The highest BCUT2D eigenvalue weighted by Gasteiger charge is 2.13. The minimum atomic E-state index is -3.68. The first-order valence-corrected chi connectivity index (χ1v) is 8.06. The lowest BCUT2D eigenvalue weighted by molar-refractivity contribution is -0.698. The molecule has 0 aliphatic carbocycles. The average Bonchev–Trinajstić information content (AvgIpc) is 2.52. The fraction of sp³-hybridized carbons (Fsp3) is 0.267. The van der Waals surface area contributed by atoms with Gasteiger partial charge in [0.2, 0.25) is 0 Å². The molecule has 0 fully saturated rings. The number of aromatic nitrogens is 1. The fourth-order valence-electron chi connectivity index (χ4n) is 1.71. The van der Waals surface area contributed by atoms with Gasteiger partial charge in [0, 0.05) is 12.1 Å². The maximum Gasteiger partial charge on any atom is 0.297 e. The van der Waals surface area contributed by atoms with Crippen LogP contribution in [0.15, 0.2) is 65.8 Å². The van der Waals surface area contributed by atoms with Gasteiger partial charge < -0.3 is 4.74 Å². The summed E-state index contributed by atoms with van der Waals surface area (Å²) < 4.78 is 35.9. The Morgan fingerprint density at radius 3 is 2.24 bits per heavy atom. The van der Waals surface area contributed by atoms with Crippen LogP contribution in [0.5, 0.6) is 0 Å². The van der Waals surface area contributed by atoms with Gasteiger partial charge >= 0.3 is 0 Å². The van der Waals surface area contributed by atoms with Gasteiger partial charge in [-0.25, -0.2) is 4.57 Å². The van der Waals surface area contributed by atoms with E-state index in [1.807, 2.05) is 35.2 Å². The molecular formula is C15H18NO4S+. The third-order valence-corrected chi connectivity index (χ3v) is 4.10. The summed E-state index contributed by atoms with van der Waals surface area (Å²) in [6, 6.07) is 13.9. The summed E-state index contributed by atoms with van der Waals surface area (Å²) in [5, 5.41) is 0. The number of pyridine rings is 1. The van der Waals surface area contributed by atoms with E-state index in [2.05, 4.69) is 0 Å². The van der Waals surface area contributed by atoms with Gasteiger partial charge in [-0.2, -0.15) is 8.42 Å². The molecule has 1 aromatic heterocycles. The first kappa shape index (κ1) is 15.6. The van der Waals surface area contributed by atoms with Crippen LogP contribution in [0, 0.1) is 0 Å². The zero-order valence-electron chi connectivity index (χ0n) is 11.6. The summed E-state index contributed by atoms with van der Waals surface area (Å²) in [5.74, 6) is 0. The Morgan fingerprint density at radius 1 is 0.857 bits per heavy atom. The molecule has 0 N–H and O–H groups in total. The Bertz CT molecular complexity index is 629. The molecule has 0 saturated carbocycles. The predicted octanol–water partition coefficient (Wildman–Crippen LogP) is 1.40. The highest BCUT2D eigenvalue weighted by molar-refractivity contribution is 7.86. The van der Waals surface area contributed by atoms with Gasteiger partial charge in [0.05, 0.1) is 18.1 Å². The van der Waals surface area contributed by atoms with Gasteiger partial charge in [0.1, 0.15) is 6.61 Å². The number of hydrogen-bond acceptors (Lipinski definition) is 4. The van der Waals surface area contributed by atoms with Crippen molar-refractivity contribution in [2.24, 2.45) is 0 Å². The highest BCUT2D eigenvalue weighted by Crippen LogP contribution is 2.10. The SMILES string of the molecule is O=S(=O)(OCCOCC[n+]1ccccc1)c1ccccc1. The second-order valence-electron chi connectivity index (χ2n) is 4.31. The molecule has 0 radical (unpaired) electrons. The van der Waals surface area contributed by atoms with Crippen LogP contribution >= 0.6 is 0 Å². The van der Waals surface area contributed by atoms with Crippen LogP contribution in [0.25, 0.3) is 0 Å². The van der Waals surface area contributed by atoms with E-state index in [9.17, 15) is 8.42 Å². The van der Waals surface area contributed by atoms with Crippen molar-refractivity contribution in [3.05, 3.63) is 60.9 Å². The first-order valence-electron chi connectivity index (χ1n) is 6.65. The largest absolute Gasteiger partial charge is 0.372 e. The van der Waals surface area contributed by atoms with Crippen molar-refractivity contribution in [2.75, 3.05) is 19.8 Å². The van der Waals surface area contributed by atoms with Gasteiger partial charge in [-0.3, -0.25) is 4.18 Å². The summed E-state index contributed by atoms with van der Waals surface area (Å²) in [4.78, 5) is 0.157. The molecule has 0 spiro atoms. The average molecular weight is 308 g/mol. The summed E-state index contributed by atoms with van der Waals surface area (Å²) in [7, 11) is -3.68. The number of ether oxygens (including phenoxy) is 1. The number of rotatable bonds is 8. The van der Waals surface area contributed by atoms with Crippen molar-refractivity contribution >= 4 is 10.1 Å². The third-order valence-electron chi connectivity index (χ3n) is 2.77. The lowest BCUT2D eigenvalue weighted by Crippen LogP contribution is -2.35. The Morgan fingerprint density at radius 2 is 1.52 bits per heavy atom. The number of benzene rings is 1. The second kappa shape index (κ2) is 7.87. The van der Waals surface area contributed by atoms with Crippen molar-refractivity contribution in [3.8, 4) is 0 Å². The van der Waals surface area contributed by atoms with E-state index in [4.69, 9.17) is 8.92 Å². The van der Waals surface area contributed by atoms with Crippen molar-refractivity contribution in [2.45, 2.75) is 11.4 Å². The van der Waals surface area contributed by atoms with Gasteiger partial charge in [-0.1, -0.05) is 24.3 Å². The molecule has 2 aromatic rings. The van der Waals surface area contributed by atoms with E-state index >= 15 is 0 Å². The molecule has 0 saturated heterocycles. The van der Waals surface area contributed by atoms with E-state index in [-0.39, 0.29) is 18.1 Å². The molecule has 0 atom stereocenters. The van der Waals surface area contributed by atoms with Gasteiger partial charge in [0.15, 0.2) is 18.9 Å². The van der Waals surface area contributed by atoms with Crippen molar-refractivity contribution in [1.29, 1.82) is 0 Å². The quantitative estimate of drug-likeness (QED) is 0.420. The minimum absolute atomic E-state index is 0.0106. The van der Waals surface area contributed by atoms with Crippen molar-refractivity contribution < 1.29 is 21.9 Å². The topological polar surface area (TPSA) is 56.5 Å². The van der Waals surface area contributed by atoms with Crippen LogP contribution < -0.4 is 4.57 Å². The summed E-state index contributed by atoms with van der Waals surface area (Å²) in [6.45, 7) is 1.46. The van der Waals surface area contributed by atoms with E-state index in [1.165, 1.54) is 12.1 Å². The maximum absolute atomic E-state index is 11.8. The van der Waals surface area contributed by atoms with Crippen LogP contribution in [-0.4, -0.2) is 28.2 Å². The molecule has 21 heavy (non-hydrogen) atoms. The lowest BCUT2D eigenvalue weighted by Gasteiger charge is -2.05. The lowest BCUT2D eigenvalue weighted by atomic mass is 10.4. The van der Waals surface area contributed by atoms with Gasteiger partial charge in [-0.05, 0) is 12.1 Å². The molecule has 1 heterocycles. The maximum atomic E-state index is 11.8. The van der Waals surface area contributed by atoms with E-state index < -0.39 is 10.1 Å². The predicted molar refractivity (Wildman–Crippen MR) is 77.0 cm³/mol. The highest BCUT2D eigenvalue weighted by atomic mass is 32.2. The molecule has 2 rings (SSSR count). The zero-order chi connectivity index (χ0) is 15.0. The molecule has 1 aromatic carbocycles. The molecular weight excluding hydrogens is 290 g/mol.